The third-order valence-electron chi connectivity index (χ3n) is 3.01. The molecule has 0 aliphatic carbocycles. The Balaban J connectivity index is 3.08. The first-order valence-electron chi connectivity index (χ1n) is 6.06. The SMILES string of the molecule is COc1ccc(S(=O)(=O)NC(C)C(C)C)cc1OC. The molecule has 1 aromatic carbocycles. The molecular weight excluding hydrogens is 266 g/mol. The predicted octanol–water partition coefficient (Wildman–Crippen LogP) is 2.03. The molecule has 5 nitrogen and oxygen atoms in total. The molecule has 0 saturated heterocycles. The van der Waals surface area contributed by atoms with E-state index in [4.69, 9.17) is 9.47 Å². The summed E-state index contributed by atoms with van der Waals surface area (Å²) >= 11 is 0. The van der Waals surface area contributed by atoms with E-state index in [9.17, 15) is 8.42 Å². The summed E-state index contributed by atoms with van der Waals surface area (Å²) in [4.78, 5) is 0.164. The Bertz CT molecular complexity index is 525. The Labute approximate surface area is 115 Å². The maximum absolute atomic E-state index is 12.2. The first-order valence-corrected chi connectivity index (χ1v) is 7.54. The summed E-state index contributed by atoms with van der Waals surface area (Å²) in [5, 5.41) is 0. The summed E-state index contributed by atoms with van der Waals surface area (Å²) in [6, 6.07) is 4.39. The van der Waals surface area contributed by atoms with Gasteiger partial charge in [0.05, 0.1) is 19.1 Å². The van der Waals surface area contributed by atoms with E-state index in [0.717, 1.165) is 0 Å². The van der Waals surface area contributed by atoms with Crippen LogP contribution in [0.25, 0.3) is 0 Å². The van der Waals surface area contributed by atoms with Crippen molar-refractivity contribution in [3.63, 3.8) is 0 Å². The maximum Gasteiger partial charge on any atom is 0.240 e. The van der Waals surface area contributed by atoms with Crippen molar-refractivity contribution in [3.05, 3.63) is 18.2 Å². The van der Waals surface area contributed by atoms with E-state index in [1.54, 1.807) is 6.07 Å². The normalized spacial score (nSPS) is 13.4. The average molecular weight is 287 g/mol. The highest BCUT2D eigenvalue weighted by molar-refractivity contribution is 7.89. The van der Waals surface area contributed by atoms with Crippen LogP contribution in [0.1, 0.15) is 20.8 Å². The lowest BCUT2D eigenvalue weighted by Crippen LogP contribution is -2.36. The largest absolute Gasteiger partial charge is 0.493 e. The first kappa shape index (κ1) is 15.8. The van der Waals surface area contributed by atoms with Crippen molar-refractivity contribution in [2.75, 3.05) is 14.2 Å². The van der Waals surface area contributed by atoms with Gasteiger partial charge in [0.15, 0.2) is 11.5 Å². The fourth-order valence-corrected chi connectivity index (χ4v) is 2.84. The van der Waals surface area contributed by atoms with Crippen LogP contribution in [0.15, 0.2) is 23.1 Å². The molecular formula is C13H21NO4S. The molecule has 19 heavy (non-hydrogen) atoms. The first-order chi connectivity index (χ1) is 8.81. The minimum atomic E-state index is -3.55. The van der Waals surface area contributed by atoms with E-state index in [0.29, 0.717) is 11.5 Å². The zero-order valence-electron chi connectivity index (χ0n) is 11.9. The molecule has 1 aromatic rings. The van der Waals surface area contributed by atoms with E-state index in [1.165, 1.54) is 26.4 Å². The van der Waals surface area contributed by atoms with Crippen LogP contribution in [0.5, 0.6) is 11.5 Å². The summed E-state index contributed by atoms with van der Waals surface area (Å²) < 4.78 is 37.2. The predicted molar refractivity (Wildman–Crippen MR) is 74.2 cm³/mol. The van der Waals surface area contributed by atoms with Crippen LogP contribution in [0.3, 0.4) is 0 Å². The van der Waals surface area contributed by atoms with Crippen LogP contribution >= 0.6 is 0 Å². The number of nitrogens with one attached hydrogen (secondary N) is 1. The molecule has 0 aromatic heterocycles. The van der Waals surface area contributed by atoms with Crippen molar-refractivity contribution in [1.29, 1.82) is 0 Å². The summed E-state index contributed by atoms with van der Waals surface area (Å²) in [6.07, 6.45) is 0. The van der Waals surface area contributed by atoms with Crippen molar-refractivity contribution in [1.82, 2.24) is 4.72 Å². The van der Waals surface area contributed by atoms with E-state index < -0.39 is 10.0 Å². The van der Waals surface area contributed by atoms with Crippen LogP contribution in [-0.2, 0) is 10.0 Å². The van der Waals surface area contributed by atoms with E-state index in [2.05, 4.69) is 4.72 Å². The molecule has 1 N–H and O–H groups in total. The molecule has 1 atom stereocenters. The maximum atomic E-state index is 12.2. The van der Waals surface area contributed by atoms with E-state index in [1.807, 2.05) is 20.8 Å². The van der Waals surface area contributed by atoms with Gasteiger partial charge < -0.3 is 9.47 Å². The highest BCUT2D eigenvalue weighted by Gasteiger charge is 2.20. The van der Waals surface area contributed by atoms with Crippen LogP contribution in [0.2, 0.25) is 0 Å². The molecule has 0 spiro atoms. The van der Waals surface area contributed by atoms with Gasteiger partial charge in [0, 0.05) is 12.1 Å². The summed E-state index contributed by atoms with van der Waals surface area (Å²) in [6.45, 7) is 5.76. The molecule has 0 radical (unpaired) electrons. The smallest absolute Gasteiger partial charge is 0.240 e. The molecule has 0 bridgehead atoms. The molecule has 0 aliphatic rings. The summed E-state index contributed by atoms with van der Waals surface area (Å²) in [7, 11) is -0.572. The van der Waals surface area contributed by atoms with Gasteiger partial charge >= 0.3 is 0 Å². The van der Waals surface area contributed by atoms with Crippen molar-refractivity contribution in [3.8, 4) is 11.5 Å². The third-order valence-corrected chi connectivity index (χ3v) is 4.56. The Kier molecular flexibility index (Phi) is 5.20. The second-order valence-electron chi connectivity index (χ2n) is 4.67. The van der Waals surface area contributed by atoms with Gasteiger partial charge in [-0.2, -0.15) is 0 Å². The molecule has 0 amide bonds. The van der Waals surface area contributed by atoms with Crippen LogP contribution in [0, 0.1) is 5.92 Å². The molecule has 0 aliphatic heterocycles. The van der Waals surface area contributed by atoms with Crippen molar-refractivity contribution in [2.45, 2.75) is 31.7 Å². The topological polar surface area (TPSA) is 64.6 Å². The number of methoxy groups -OCH3 is 2. The minimum Gasteiger partial charge on any atom is -0.493 e. The van der Waals surface area contributed by atoms with Gasteiger partial charge in [-0.15, -0.1) is 0 Å². The van der Waals surface area contributed by atoms with Gasteiger partial charge in [0.1, 0.15) is 0 Å². The van der Waals surface area contributed by atoms with E-state index in [-0.39, 0.29) is 16.9 Å². The fraction of sp³-hybridized carbons (Fsp3) is 0.538. The van der Waals surface area contributed by atoms with Crippen molar-refractivity contribution >= 4 is 10.0 Å². The highest BCUT2D eigenvalue weighted by atomic mass is 32.2. The molecule has 108 valence electrons. The van der Waals surface area contributed by atoms with E-state index >= 15 is 0 Å². The Morgan fingerprint density at radius 1 is 1.05 bits per heavy atom. The van der Waals surface area contributed by atoms with Crippen LogP contribution in [0.4, 0.5) is 0 Å². The minimum absolute atomic E-state index is 0.141. The van der Waals surface area contributed by atoms with Gasteiger partial charge in [-0.25, -0.2) is 13.1 Å². The summed E-state index contributed by atoms with van der Waals surface area (Å²) in [5.41, 5.74) is 0. The molecule has 0 fully saturated rings. The number of ether oxygens (including phenoxy) is 2. The van der Waals surface area contributed by atoms with Gasteiger partial charge in [0.25, 0.3) is 0 Å². The fourth-order valence-electron chi connectivity index (χ4n) is 1.43. The zero-order valence-corrected chi connectivity index (χ0v) is 12.7. The second-order valence-corrected chi connectivity index (χ2v) is 6.38. The van der Waals surface area contributed by atoms with Crippen molar-refractivity contribution < 1.29 is 17.9 Å². The van der Waals surface area contributed by atoms with Crippen molar-refractivity contribution in [2.24, 2.45) is 5.92 Å². The third kappa shape index (κ3) is 3.84. The molecule has 0 heterocycles. The van der Waals surface area contributed by atoms with Gasteiger partial charge in [-0.1, -0.05) is 13.8 Å². The van der Waals surface area contributed by atoms with Gasteiger partial charge in [-0.05, 0) is 25.0 Å². The number of hydrogen-bond acceptors (Lipinski definition) is 4. The Morgan fingerprint density at radius 3 is 2.11 bits per heavy atom. The number of sulfonamides is 1. The Morgan fingerprint density at radius 2 is 1.63 bits per heavy atom. The van der Waals surface area contributed by atoms with Gasteiger partial charge in [0.2, 0.25) is 10.0 Å². The number of benzene rings is 1. The quantitative estimate of drug-likeness (QED) is 0.869. The number of rotatable bonds is 6. The standard InChI is InChI=1S/C13H21NO4S/c1-9(2)10(3)14-19(15,16)11-6-7-12(17-4)13(8-11)18-5/h6-10,14H,1-5H3. The second kappa shape index (κ2) is 6.25. The van der Waals surface area contributed by atoms with Crippen LogP contribution < -0.4 is 14.2 Å². The lowest BCUT2D eigenvalue weighted by atomic mass is 10.1. The molecule has 1 rings (SSSR count). The molecule has 1 unspecified atom stereocenters. The Hall–Kier alpha value is -1.27. The molecule has 6 heteroatoms. The lowest BCUT2D eigenvalue weighted by molar-refractivity contribution is 0.354. The monoisotopic (exact) mass is 287 g/mol. The summed E-state index contributed by atoms with van der Waals surface area (Å²) in [5.74, 6) is 1.11. The molecule has 0 saturated carbocycles. The zero-order chi connectivity index (χ0) is 14.6. The lowest BCUT2D eigenvalue weighted by Gasteiger charge is -2.18. The number of hydrogen-bond donors (Lipinski definition) is 1. The average Bonchev–Trinajstić information content (AvgIpc) is 2.37. The van der Waals surface area contributed by atoms with Gasteiger partial charge in [-0.3, -0.25) is 0 Å². The highest BCUT2D eigenvalue weighted by Crippen LogP contribution is 2.29. The van der Waals surface area contributed by atoms with Crippen LogP contribution in [-0.4, -0.2) is 28.7 Å².